The van der Waals surface area contributed by atoms with Gasteiger partial charge in [0.2, 0.25) is 0 Å². The van der Waals surface area contributed by atoms with Crippen molar-refractivity contribution in [3.8, 4) is 11.5 Å². The van der Waals surface area contributed by atoms with Crippen molar-refractivity contribution in [1.82, 2.24) is 9.88 Å². The lowest BCUT2D eigenvalue weighted by Crippen LogP contribution is -2.36. The zero-order valence-corrected chi connectivity index (χ0v) is 19.2. The van der Waals surface area contributed by atoms with Crippen LogP contribution in [0.25, 0.3) is 0 Å². The van der Waals surface area contributed by atoms with E-state index in [1.165, 1.54) is 23.5 Å². The van der Waals surface area contributed by atoms with Crippen LogP contribution in [0, 0.1) is 5.82 Å². The maximum absolute atomic E-state index is 13.2. The fourth-order valence-electron chi connectivity index (χ4n) is 3.24. The van der Waals surface area contributed by atoms with E-state index < -0.39 is 0 Å². The van der Waals surface area contributed by atoms with E-state index in [2.05, 4.69) is 15.2 Å². The number of thiazole rings is 1. The molecule has 1 aliphatic rings. The van der Waals surface area contributed by atoms with Crippen LogP contribution in [0.5, 0.6) is 11.5 Å². The van der Waals surface area contributed by atoms with Crippen molar-refractivity contribution in [3.05, 3.63) is 69.9 Å². The van der Waals surface area contributed by atoms with E-state index >= 15 is 0 Å². The molecule has 0 saturated heterocycles. The molecular formula is C23H24FN3O3S2. The minimum Gasteiger partial charge on any atom is -0.493 e. The number of benzene rings is 2. The maximum atomic E-state index is 13.2. The van der Waals surface area contributed by atoms with Gasteiger partial charge in [-0.15, -0.1) is 11.3 Å². The summed E-state index contributed by atoms with van der Waals surface area (Å²) >= 11 is 7.10. The first-order chi connectivity index (χ1) is 15.6. The summed E-state index contributed by atoms with van der Waals surface area (Å²) in [6.45, 7) is 0.823. The third kappa shape index (κ3) is 5.73. The number of aliphatic hydroxyl groups is 1. The lowest BCUT2D eigenvalue weighted by molar-refractivity contribution is 0.271. The van der Waals surface area contributed by atoms with Crippen LogP contribution in [0.2, 0.25) is 0 Å². The van der Waals surface area contributed by atoms with Gasteiger partial charge in [0, 0.05) is 23.7 Å². The lowest BCUT2D eigenvalue weighted by atomic mass is 10.2. The van der Waals surface area contributed by atoms with Crippen LogP contribution in [-0.2, 0) is 19.8 Å². The highest BCUT2D eigenvalue weighted by molar-refractivity contribution is 7.80. The van der Waals surface area contributed by atoms with Crippen LogP contribution >= 0.6 is 23.6 Å². The molecule has 3 aromatic rings. The van der Waals surface area contributed by atoms with Gasteiger partial charge in [0.1, 0.15) is 17.4 Å². The number of nitrogens with zero attached hydrogens (tertiary/aromatic N) is 2. The molecule has 0 bridgehead atoms. The molecule has 0 atom stereocenters. The number of ether oxygens (including phenoxy) is 2. The summed E-state index contributed by atoms with van der Waals surface area (Å²) in [6, 6.07) is 12.4. The van der Waals surface area contributed by atoms with Crippen LogP contribution in [0.1, 0.15) is 29.1 Å². The van der Waals surface area contributed by atoms with Gasteiger partial charge in [-0.25, -0.2) is 9.37 Å². The molecule has 32 heavy (non-hydrogen) atoms. The van der Waals surface area contributed by atoms with Gasteiger partial charge in [0.25, 0.3) is 0 Å². The van der Waals surface area contributed by atoms with E-state index in [0.717, 1.165) is 29.1 Å². The van der Waals surface area contributed by atoms with Gasteiger partial charge in [-0.3, -0.25) is 0 Å². The Labute approximate surface area is 195 Å². The van der Waals surface area contributed by atoms with Gasteiger partial charge in [-0.1, -0.05) is 6.07 Å². The van der Waals surface area contributed by atoms with E-state index in [9.17, 15) is 9.50 Å². The van der Waals surface area contributed by atoms with Crippen LogP contribution in [0.4, 0.5) is 10.1 Å². The molecule has 6 nitrogen and oxygen atoms in total. The van der Waals surface area contributed by atoms with Crippen LogP contribution in [-0.4, -0.2) is 33.3 Å². The monoisotopic (exact) mass is 473 g/mol. The number of aliphatic hydroxyl groups excluding tert-OH is 1. The Morgan fingerprint density at radius 2 is 2.03 bits per heavy atom. The number of halogens is 1. The molecule has 1 heterocycles. The second kappa shape index (κ2) is 10.2. The van der Waals surface area contributed by atoms with Crippen molar-refractivity contribution < 1.29 is 19.0 Å². The Morgan fingerprint density at radius 3 is 2.69 bits per heavy atom. The predicted molar refractivity (Wildman–Crippen MR) is 127 cm³/mol. The van der Waals surface area contributed by atoms with E-state index in [0.29, 0.717) is 41.5 Å². The zero-order valence-electron chi connectivity index (χ0n) is 17.6. The summed E-state index contributed by atoms with van der Waals surface area (Å²) in [4.78, 5) is 6.47. The molecule has 9 heteroatoms. The van der Waals surface area contributed by atoms with Crippen molar-refractivity contribution >= 4 is 34.4 Å². The molecule has 0 unspecified atom stereocenters. The summed E-state index contributed by atoms with van der Waals surface area (Å²) in [7, 11) is 1.60. The summed E-state index contributed by atoms with van der Waals surface area (Å²) in [6.07, 6.45) is 2.17. The average Bonchev–Trinajstić information content (AvgIpc) is 3.54. The first-order valence-electron chi connectivity index (χ1n) is 10.2. The molecule has 1 fully saturated rings. The molecule has 1 aromatic heterocycles. The highest BCUT2D eigenvalue weighted by atomic mass is 32.1. The highest BCUT2D eigenvalue weighted by Gasteiger charge is 2.31. The van der Waals surface area contributed by atoms with Crippen molar-refractivity contribution in [1.29, 1.82) is 0 Å². The lowest BCUT2D eigenvalue weighted by Gasteiger charge is -2.26. The smallest absolute Gasteiger partial charge is 0.173 e. The first-order valence-corrected chi connectivity index (χ1v) is 11.5. The molecule has 1 saturated carbocycles. The second-order valence-corrected chi connectivity index (χ2v) is 8.79. The van der Waals surface area contributed by atoms with Crippen LogP contribution < -0.4 is 14.8 Å². The Hall–Kier alpha value is -2.75. The van der Waals surface area contributed by atoms with Gasteiger partial charge in [0.05, 0.1) is 19.4 Å². The number of thiocarbonyl (C=S) groups is 1. The van der Waals surface area contributed by atoms with Crippen molar-refractivity contribution in [2.24, 2.45) is 0 Å². The third-order valence-corrected chi connectivity index (χ3v) is 6.25. The Balaban J connectivity index is 1.45. The maximum Gasteiger partial charge on any atom is 0.173 e. The Kier molecular flexibility index (Phi) is 7.19. The van der Waals surface area contributed by atoms with Gasteiger partial charge in [0.15, 0.2) is 16.6 Å². The standard InChI is InChI=1S/C23H24FN3O3S2/c1-29-20-9-2-15(10-21(20)30-13-22-25-18(12-28)14-32-22)11-27(19-7-8-19)23(31)26-17-5-3-16(24)4-6-17/h2-6,9-10,14,19,28H,7-8,11-13H2,1H3,(H,26,31). The van der Waals surface area contributed by atoms with Crippen LogP contribution in [0.3, 0.4) is 0 Å². The fraction of sp³-hybridized carbons (Fsp3) is 0.304. The minimum atomic E-state index is -0.281. The molecule has 2 aromatic carbocycles. The highest BCUT2D eigenvalue weighted by Crippen LogP contribution is 2.33. The van der Waals surface area contributed by atoms with E-state index in [4.69, 9.17) is 21.7 Å². The summed E-state index contributed by atoms with van der Waals surface area (Å²) in [5.41, 5.74) is 2.43. The third-order valence-electron chi connectivity index (χ3n) is 5.04. The SMILES string of the molecule is COc1ccc(CN(C(=S)Nc2ccc(F)cc2)C2CC2)cc1OCc1nc(CO)cs1. The predicted octanol–water partition coefficient (Wildman–Crippen LogP) is 4.72. The van der Waals surface area contributed by atoms with Gasteiger partial charge < -0.3 is 24.8 Å². The van der Waals surface area contributed by atoms with E-state index in [-0.39, 0.29) is 12.4 Å². The molecule has 1 aliphatic carbocycles. The minimum absolute atomic E-state index is 0.0851. The molecule has 2 N–H and O–H groups in total. The first kappa shape index (κ1) is 22.4. The molecule has 4 rings (SSSR count). The molecule has 0 radical (unpaired) electrons. The molecule has 0 aliphatic heterocycles. The van der Waals surface area contributed by atoms with Gasteiger partial charge in [-0.05, 0) is 67.0 Å². The van der Waals surface area contributed by atoms with E-state index in [1.807, 2.05) is 23.6 Å². The molecule has 168 valence electrons. The number of hydrogen-bond acceptors (Lipinski definition) is 6. The number of rotatable bonds is 9. The number of nitrogens with one attached hydrogen (secondary N) is 1. The number of hydrogen-bond donors (Lipinski definition) is 2. The summed E-state index contributed by atoms with van der Waals surface area (Å²) in [5, 5.41) is 15.6. The number of anilines is 1. The van der Waals surface area contributed by atoms with Gasteiger partial charge in [-0.2, -0.15) is 0 Å². The Morgan fingerprint density at radius 1 is 1.25 bits per heavy atom. The molecular weight excluding hydrogens is 449 g/mol. The second-order valence-electron chi connectivity index (χ2n) is 7.46. The normalized spacial score (nSPS) is 13.0. The Bertz CT molecular complexity index is 1070. The molecule has 0 spiro atoms. The van der Waals surface area contributed by atoms with E-state index in [1.54, 1.807) is 19.2 Å². The largest absolute Gasteiger partial charge is 0.493 e. The fourth-order valence-corrected chi connectivity index (χ4v) is 4.27. The zero-order chi connectivity index (χ0) is 22.5. The summed E-state index contributed by atoms with van der Waals surface area (Å²) in [5.74, 6) is 0.980. The van der Waals surface area contributed by atoms with Crippen molar-refractivity contribution in [3.63, 3.8) is 0 Å². The number of aromatic nitrogens is 1. The average molecular weight is 474 g/mol. The molecule has 0 amide bonds. The number of methoxy groups -OCH3 is 1. The summed E-state index contributed by atoms with van der Waals surface area (Å²) < 4.78 is 24.6. The quantitative estimate of drug-likeness (QED) is 0.436. The van der Waals surface area contributed by atoms with Gasteiger partial charge >= 0.3 is 0 Å². The van der Waals surface area contributed by atoms with Crippen molar-refractivity contribution in [2.45, 2.75) is 38.6 Å². The van der Waals surface area contributed by atoms with Crippen molar-refractivity contribution in [2.75, 3.05) is 12.4 Å². The van der Waals surface area contributed by atoms with Crippen LogP contribution in [0.15, 0.2) is 47.8 Å². The topological polar surface area (TPSA) is 66.9 Å².